The number of benzene rings is 1. The third-order valence-corrected chi connectivity index (χ3v) is 8.36. The third-order valence-electron chi connectivity index (χ3n) is 8.36. The molecule has 190 valence electrons. The highest BCUT2D eigenvalue weighted by Gasteiger charge is 2.53. The number of halogens is 1. The van der Waals surface area contributed by atoms with E-state index in [0.717, 1.165) is 25.7 Å². The van der Waals surface area contributed by atoms with Gasteiger partial charge in [-0.1, -0.05) is 26.8 Å². The van der Waals surface area contributed by atoms with Gasteiger partial charge >= 0.3 is 6.03 Å². The Hall–Kier alpha value is -2.87. The summed E-state index contributed by atoms with van der Waals surface area (Å²) in [5.41, 5.74) is 0.347. The van der Waals surface area contributed by atoms with Crippen LogP contribution in [0.15, 0.2) is 47.1 Å². The van der Waals surface area contributed by atoms with Gasteiger partial charge in [0.2, 0.25) is 5.91 Å². The van der Waals surface area contributed by atoms with Gasteiger partial charge in [0, 0.05) is 17.6 Å². The second kappa shape index (κ2) is 10.4. The van der Waals surface area contributed by atoms with Crippen molar-refractivity contribution in [2.75, 3.05) is 5.32 Å². The molecule has 0 aliphatic heterocycles. The fourth-order valence-corrected chi connectivity index (χ4v) is 6.34. The largest absolute Gasteiger partial charge is 0.467 e. The predicted octanol–water partition coefficient (Wildman–Crippen LogP) is 4.68. The molecule has 3 amide bonds. The number of anilines is 1. The second-order valence-electron chi connectivity index (χ2n) is 10.6. The van der Waals surface area contributed by atoms with Crippen LogP contribution in [0, 0.1) is 34.9 Å². The van der Waals surface area contributed by atoms with E-state index >= 15 is 0 Å². The predicted molar refractivity (Wildman–Crippen MR) is 131 cm³/mol. The first kappa shape index (κ1) is 25.2. The zero-order chi connectivity index (χ0) is 25.2. The molecule has 0 bridgehead atoms. The number of hydrogen-bond acceptors (Lipinski definition) is 4. The highest BCUT2D eigenvalue weighted by Crippen LogP contribution is 2.55. The fourth-order valence-electron chi connectivity index (χ4n) is 6.34. The van der Waals surface area contributed by atoms with Crippen LogP contribution < -0.4 is 16.0 Å². The second-order valence-corrected chi connectivity index (χ2v) is 10.6. The Labute approximate surface area is 205 Å². The van der Waals surface area contributed by atoms with Gasteiger partial charge in [-0.05, 0) is 79.2 Å². The number of rotatable bonds is 6. The number of aliphatic hydroxyl groups is 1. The maximum atomic E-state index is 13.5. The number of carbonyl (C=O) groups is 2. The van der Waals surface area contributed by atoms with Crippen LogP contribution in [0.4, 0.5) is 14.9 Å². The van der Waals surface area contributed by atoms with Gasteiger partial charge in [0.15, 0.2) is 0 Å². The lowest BCUT2D eigenvalue weighted by Crippen LogP contribution is -2.58. The monoisotopic (exact) mass is 485 g/mol. The minimum atomic E-state index is -0.649. The van der Waals surface area contributed by atoms with E-state index in [0.29, 0.717) is 18.0 Å². The molecule has 4 N–H and O–H groups in total. The maximum absolute atomic E-state index is 13.5. The van der Waals surface area contributed by atoms with E-state index in [1.165, 1.54) is 12.1 Å². The van der Waals surface area contributed by atoms with Crippen molar-refractivity contribution >= 4 is 17.6 Å². The van der Waals surface area contributed by atoms with E-state index in [1.807, 2.05) is 13.0 Å². The molecular weight excluding hydrogens is 449 g/mol. The van der Waals surface area contributed by atoms with Crippen LogP contribution in [-0.2, 0) is 11.3 Å². The van der Waals surface area contributed by atoms with Crippen LogP contribution >= 0.6 is 0 Å². The minimum Gasteiger partial charge on any atom is -0.467 e. The molecule has 2 aromatic rings. The molecule has 0 radical (unpaired) electrons. The van der Waals surface area contributed by atoms with Gasteiger partial charge in [0.05, 0.1) is 18.9 Å². The minimum absolute atomic E-state index is 0.0168. The topological polar surface area (TPSA) is 104 Å². The summed E-state index contributed by atoms with van der Waals surface area (Å²) in [5, 5.41) is 20.2. The molecule has 7 atom stereocenters. The smallest absolute Gasteiger partial charge is 0.319 e. The maximum Gasteiger partial charge on any atom is 0.319 e. The van der Waals surface area contributed by atoms with E-state index < -0.39 is 11.9 Å². The summed E-state index contributed by atoms with van der Waals surface area (Å²) in [7, 11) is 0. The van der Waals surface area contributed by atoms with Crippen molar-refractivity contribution < 1.29 is 23.5 Å². The molecule has 1 heterocycles. The summed E-state index contributed by atoms with van der Waals surface area (Å²) in [6.45, 7) is 6.49. The van der Waals surface area contributed by atoms with Crippen LogP contribution in [-0.4, -0.2) is 29.2 Å². The van der Waals surface area contributed by atoms with Gasteiger partial charge in [-0.25, -0.2) is 9.18 Å². The van der Waals surface area contributed by atoms with Crippen molar-refractivity contribution in [3.63, 3.8) is 0 Å². The highest BCUT2D eigenvalue weighted by molar-refractivity contribution is 5.89. The summed E-state index contributed by atoms with van der Waals surface area (Å²) in [6, 6.07) is 8.86. The van der Waals surface area contributed by atoms with Gasteiger partial charge in [-0.3, -0.25) is 4.79 Å². The van der Waals surface area contributed by atoms with Crippen molar-refractivity contribution in [2.24, 2.45) is 29.1 Å². The van der Waals surface area contributed by atoms with Crippen molar-refractivity contribution in [2.45, 2.75) is 65.1 Å². The number of aliphatic hydroxyl groups excluding tert-OH is 1. The van der Waals surface area contributed by atoms with Crippen LogP contribution in [0.25, 0.3) is 0 Å². The zero-order valence-electron chi connectivity index (χ0n) is 20.6. The van der Waals surface area contributed by atoms with Crippen molar-refractivity contribution in [3.8, 4) is 0 Å². The van der Waals surface area contributed by atoms with Crippen LogP contribution in [0.3, 0.4) is 0 Å². The molecule has 2 fully saturated rings. The first-order chi connectivity index (χ1) is 16.7. The summed E-state index contributed by atoms with van der Waals surface area (Å²) < 4.78 is 18.7. The molecule has 0 spiro atoms. The Kier molecular flexibility index (Phi) is 7.50. The third kappa shape index (κ3) is 5.53. The van der Waals surface area contributed by atoms with Crippen LogP contribution in [0.1, 0.15) is 52.2 Å². The van der Waals surface area contributed by atoms with E-state index in [-0.39, 0.29) is 47.1 Å². The van der Waals surface area contributed by atoms with E-state index in [2.05, 4.69) is 29.8 Å². The lowest BCUT2D eigenvalue weighted by atomic mass is 9.52. The van der Waals surface area contributed by atoms with E-state index in [1.54, 1.807) is 24.5 Å². The molecule has 8 heteroatoms. The van der Waals surface area contributed by atoms with Gasteiger partial charge in [0.1, 0.15) is 11.6 Å². The number of nitrogens with one attached hydrogen (secondary N) is 3. The molecule has 4 rings (SSSR count). The van der Waals surface area contributed by atoms with E-state index in [4.69, 9.17) is 4.42 Å². The van der Waals surface area contributed by atoms with E-state index in [9.17, 15) is 19.1 Å². The normalized spacial score (nSPS) is 31.2. The molecule has 35 heavy (non-hydrogen) atoms. The summed E-state index contributed by atoms with van der Waals surface area (Å²) in [6.07, 6.45) is 4.33. The number of hydrogen-bond donors (Lipinski definition) is 4. The summed E-state index contributed by atoms with van der Waals surface area (Å²) in [4.78, 5) is 25.5. The number of carbonyl (C=O) groups excluding carboxylic acids is 2. The molecule has 0 saturated heterocycles. The van der Waals surface area contributed by atoms with Crippen molar-refractivity contribution in [1.82, 2.24) is 10.6 Å². The Morgan fingerprint density at radius 3 is 2.71 bits per heavy atom. The number of fused-ring (bicyclic) bond motifs is 1. The molecule has 1 aromatic heterocycles. The van der Waals surface area contributed by atoms with Gasteiger partial charge in [-0.2, -0.15) is 0 Å². The number of urea groups is 1. The molecule has 2 aliphatic carbocycles. The quantitative estimate of drug-likeness (QED) is 0.477. The standard InChI is InChI=1S/C27H36FN3O4/c1-16(25(33)29-15-20-8-5-13-35-20)21-9-11-27(3)12-10-22(17(2)23(27)24(21)32)31-26(34)30-19-7-4-6-18(28)14-19/h4-8,13-14,16-17,21-24,32H,9-12,15H2,1-3H3,(H,29,33)(H2,30,31,34)/t16-,17+,21-,22-,23+,24-,27-/m0/s1. The van der Waals surface area contributed by atoms with Gasteiger partial charge < -0.3 is 25.5 Å². The zero-order valence-corrected chi connectivity index (χ0v) is 20.6. The fraction of sp³-hybridized carbons (Fsp3) is 0.556. The molecular formula is C27H36FN3O4. The average Bonchev–Trinajstić information content (AvgIpc) is 3.33. The van der Waals surface area contributed by atoms with Crippen LogP contribution in [0.5, 0.6) is 0 Å². The summed E-state index contributed by atoms with van der Waals surface area (Å²) >= 11 is 0. The Balaban J connectivity index is 1.39. The Bertz CT molecular complexity index is 1030. The molecule has 1 aromatic carbocycles. The first-order valence-electron chi connectivity index (χ1n) is 12.5. The Morgan fingerprint density at radius 2 is 2.00 bits per heavy atom. The number of amides is 3. The molecule has 2 saturated carbocycles. The van der Waals surface area contributed by atoms with Crippen molar-refractivity contribution in [1.29, 1.82) is 0 Å². The Morgan fingerprint density at radius 1 is 1.23 bits per heavy atom. The molecule has 0 unspecified atom stereocenters. The molecule has 7 nitrogen and oxygen atoms in total. The summed E-state index contributed by atoms with van der Waals surface area (Å²) in [5.74, 6) is -0.357. The highest BCUT2D eigenvalue weighted by atomic mass is 19.1. The first-order valence-corrected chi connectivity index (χ1v) is 12.5. The lowest BCUT2D eigenvalue weighted by molar-refractivity contribution is -0.142. The van der Waals surface area contributed by atoms with Gasteiger partial charge in [-0.15, -0.1) is 0 Å². The van der Waals surface area contributed by atoms with Gasteiger partial charge in [0.25, 0.3) is 0 Å². The SMILES string of the molecule is C[C@H]1[C@@H]2[C@@H](O)[C@H]([C@H](C)C(=O)NCc3ccco3)CC[C@@]2(C)CC[C@@H]1NC(=O)Nc1cccc(F)c1. The number of furan rings is 1. The van der Waals surface area contributed by atoms with Crippen LogP contribution in [0.2, 0.25) is 0 Å². The lowest BCUT2D eigenvalue weighted by Gasteiger charge is -2.56. The molecule has 2 aliphatic rings. The van der Waals surface area contributed by atoms with Crippen molar-refractivity contribution in [3.05, 3.63) is 54.2 Å². The average molecular weight is 486 g/mol.